The lowest BCUT2D eigenvalue weighted by Gasteiger charge is -2.47. The van der Waals surface area contributed by atoms with Gasteiger partial charge in [-0.25, -0.2) is 0 Å². The molecule has 0 amide bonds. The summed E-state index contributed by atoms with van der Waals surface area (Å²) >= 11 is 0. The molecule has 2 N–H and O–H groups in total. The van der Waals surface area contributed by atoms with E-state index in [-0.39, 0.29) is 5.92 Å². The summed E-state index contributed by atoms with van der Waals surface area (Å²) in [5, 5.41) is 12.6. The third kappa shape index (κ3) is 2.86. The van der Waals surface area contributed by atoms with Crippen molar-refractivity contribution >= 4 is 5.97 Å². The van der Waals surface area contributed by atoms with Crippen molar-refractivity contribution in [1.29, 1.82) is 0 Å². The van der Waals surface area contributed by atoms with Crippen LogP contribution in [0.15, 0.2) is 0 Å². The van der Waals surface area contributed by atoms with Crippen molar-refractivity contribution in [2.24, 2.45) is 5.92 Å². The predicted octanol–water partition coefficient (Wildman–Crippen LogP) is 1.70. The van der Waals surface area contributed by atoms with Gasteiger partial charge in [0.25, 0.3) is 0 Å². The van der Waals surface area contributed by atoms with Gasteiger partial charge in [-0.2, -0.15) is 0 Å². The molecular weight excluding hydrogens is 228 g/mol. The number of piperidine rings is 2. The smallest absolute Gasteiger partial charge is 0.320 e. The SMILES string of the molecule is CC(C)C(NC1CC2CCCC(C1)N2C)C(=O)O. The quantitative estimate of drug-likeness (QED) is 0.802. The molecule has 18 heavy (non-hydrogen) atoms. The Kier molecular flexibility index (Phi) is 4.28. The molecule has 0 saturated carbocycles. The number of carboxylic acid groups (broad SMARTS) is 1. The molecule has 4 heteroatoms. The highest BCUT2D eigenvalue weighted by Crippen LogP contribution is 2.32. The number of nitrogens with zero attached hydrogens (tertiary/aromatic N) is 1. The number of nitrogens with one attached hydrogen (secondary N) is 1. The Morgan fingerprint density at radius 2 is 1.83 bits per heavy atom. The van der Waals surface area contributed by atoms with Crippen molar-refractivity contribution in [2.45, 2.75) is 70.1 Å². The molecule has 2 aliphatic rings. The summed E-state index contributed by atoms with van der Waals surface area (Å²) in [6.07, 6.45) is 6.07. The first kappa shape index (κ1) is 13.8. The minimum atomic E-state index is -0.714. The van der Waals surface area contributed by atoms with Crippen LogP contribution in [0.1, 0.15) is 46.0 Å². The molecule has 0 spiro atoms. The maximum atomic E-state index is 11.3. The molecule has 0 aliphatic carbocycles. The molecular formula is C14H26N2O2. The summed E-state index contributed by atoms with van der Waals surface area (Å²) in [6.45, 7) is 3.95. The molecule has 0 aromatic carbocycles. The fourth-order valence-electron chi connectivity index (χ4n) is 3.55. The van der Waals surface area contributed by atoms with Crippen LogP contribution in [0.2, 0.25) is 0 Å². The van der Waals surface area contributed by atoms with Crippen LogP contribution >= 0.6 is 0 Å². The Hall–Kier alpha value is -0.610. The number of carboxylic acids is 1. The second-order valence-corrected chi connectivity index (χ2v) is 6.30. The normalized spacial score (nSPS) is 34.6. The van der Waals surface area contributed by atoms with Gasteiger partial charge in [0, 0.05) is 18.1 Å². The van der Waals surface area contributed by atoms with Crippen molar-refractivity contribution in [3.63, 3.8) is 0 Å². The molecule has 2 fully saturated rings. The van der Waals surface area contributed by atoms with E-state index in [2.05, 4.69) is 17.3 Å². The van der Waals surface area contributed by atoms with Gasteiger partial charge in [0.05, 0.1) is 0 Å². The Morgan fingerprint density at radius 1 is 1.28 bits per heavy atom. The lowest BCUT2D eigenvalue weighted by molar-refractivity contribution is -0.141. The molecule has 2 bridgehead atoms. The van der Waals surface area contributed by atoms with Gasteiger partial charge < -0.3 is 15.3 Å². The first-order valence-corrected chi connectivity index (χ1v) is 7.19. The Morgan fingerprint density at radius 3 is 2.28 bits per heavy atom. The molecule has 104 valence electrons. The molecule has 0 aromatic rings. The van der Waals surface area contributed by atoms with Gasteiger partial charge in [-0.05, 0) is 38.6 Å². The van der Waals surface area contributed by atoms with E-state index in [0.29, 0.717) is 18.1 Å². The fraction of sp³-hybridized carbons (Fsp3) is 0.929. The van der Waals surface area contributed by atoms with E-state index in [0.717, 1.165) is 12.8 Å². The monoisotopic (exact) mass is 254 g/mol. The molecule has 3 unspecified atom stereocenters. The van der Waals surface area contributed by atoms with E-state index in [1.54, 1.807) is 0 Å². The Labute approximate surface area is 110 Å². The van der Waals surface area contributed by atoms with Crippen LogP contribution in [0.25, 0.3) is 0 Å². The van der Waals surface area contributed by atoms with Gasteiger partial charge in [-0.1, -0.05) is 20.3 Å². The van der Waals surface area contributed by atoms with E-state index in [1.807, 2.05) is 13.8 Å². The second-order valence-electron chi connectivity index (χ2n) is 6.30. The van der Waals surface area contributed by atoms with Crippen LogP contribution in [-0.4, -0.2) is 47.2 Å². The van der Waals surface area contributed by atoms with Crippen LogP contribution in [0.3, 0.4) is 0 Å². The maximum absolute atomic E-state index is 11.3. The lowest BCUT2D eigenvalue weighted by Crippen LogP contribution is -2.57. The second kappa shape index (κ2) is 5.57. The zero-order valence-electron chi connectivity index (χ0n) is 11.7. The van der Waals surface area contributed by atoms with Crippen LogP contribution in [0.4, 0.5) is 0 Å². The van der Waals surface area contributed by atoms with E-state index in [1.165, 1.54) is 19.3 Å². The summed E-state index contributed by atoms with van der Waals surface area (Å²) in [6, 6.07) is 1.27. The summed E-state index contributed by atoms with van der Waals surface area (Å²) in [5.41, 5.74) is 0. The number of carbonyl (C=O) groups is 1. The average Bonchev–Trinajstić information content (AvgIpc) is 2.25. The molecule has 0 aromatic heterocycles. The molecule has 2 heterocycles. The average molecular weight is 254 g/mol. The highest BCUT2D eigenvalue weighted by Gasteiger charge is 2.37. The highest BCUT2D eigenvalue weighted by atomic mass is 16.4. The molecule has 2 aliphatic heterocycles. The van der Waals surface area contributed by atoms with Gasteiger partial charge >= 0.3 is 5.97 Å². The topological polar surface area (TPSA) is 52.6 Å². The van der Waals surface area contributed by atoms with Gasteiger partial charge in [0.1, 0.15) is 6.04 Å². The molecule has 2 saturated heterocycles. The number of hydrogen-bond donors (Lipinski definition) is 2. The van der Waals surface area contributed by atoms with Gasteiger partial charge in [0.15, 0.2) is 0 Å². The van der Waals surface area contributed by atoms with E-state index in [4.69, 9.17) is 0 Å². The summed E-state index contributed by atoms with van der Waals surface area (Å²) in [5.74, 6) is -0.573. The fourth-order valence-corrected chi connectivity index (χ4v) is 3.55. The first-order valence-electron chi connectivity index (χ1n) is 7.19. The van der Waals surface area contributed by atoms with Crippen molar-refractivity contribution < 1.29 is 9.90 Å². The highest BCUT2D eigenvalue weighted by molar-refractivity contribution is 5.73. The van der Waals surface area contributed by atoms with E-state index >= 15 is 0 Å². The largest absolute Gasteiger partial charge is 0.480 e. The number of fused-ring (bicyclic) bond motifs is 2. The molecule has 4 nitrogen and oxygen atoms in total. The van der Waals surface area contributed by atoms with Crippen LogP contribution in [0.5, 0.6) is 0 Å². The number of hydrogen-bond acceptors (Lipinski definition) is 3. The standard InChI is InChI=1S/C14H26N2O2/c1-9(2)13(14(17)18)15-10-7-11-5-4-6-12(8-10)16(11)3/h9-13,15H,4-8H2,1-3H3,(H,17,18). The Bertz CT molecular complexity index is 292. The summed E-state index contributed by atoms with van der Waals surface area (Å²) < 4.78 is 0. The predicted molar refractivity (Wildman–Crippen MR) is 71.6 cm³/mol. The molecule has 0 radical (unpaired) electrons. The van der Waals surface area contributed by atoms with Gasteiger partial charge in [0.2, 0.25) is 0 Å². The van der Waals surface area contributed by atoms with E-state index < -0.39 is 12.0 Å². The van der Waals surface area contributed by atoms with E-state index in [9.17, 15) is 9.90 Å². The van der Waals surface area contributed by atoms with Crippen LogP contribution < -0.4 is 5.32 Å². The number of aliphatic carboxylic acids is 1. The minimum absolute atomic E-state index is 0.141. The minimum Gasteiger partial charge on any atom is -0.480 e. The zero-order chi connectivity index (χ0) is 13.3. The van der Waals surface area contributed by atoms with Crippen LogP contribution in [-0.2, 0) is 4.79 Å². The third-order valence-corrected chi connectivity index (χ3v) is 4.69. The summed E-state index contributed by atoms with van der Waals surface area (Å²) in [4.78, 5) is 13.8. The van der Waals surface area contributed by atoms with Crippen molar-refractivity contribution in [3.05, 3.63) is 0 Å². The van der Waals surface area contributed by atoms with Crippen LogP contribution in [0, 0.1) is 5.92 Å². The van der Waals surface area contributed by atoms with Crippen molar-refractivity contribution in [2.75, 3.05) is 7.05 Å². The lowest BCUT2D eigenvalue weighted by atomic mass is 9.82. The van der Waals surface area contributed by atoms with Gasteiger partial charge in [-0.3, -0.25) is 4.79 Å². The van der Waals surface area contributed by atoms with Crippen molar-refractivity contribution in [3.8, 4) is 0 Å². The van der Waals surface area contributed by atoms with Crippen molar-refractivity contribution in [1.82, 2.24) is 10.2 Å². The maximum Gasteiger partial charge on any atom is 0.320 e. The Balaban J connectivity index is 1.96. The molecule has 3 atom stereocenters. The summed E-state index contributed by atoms with van der Waals surface area (Å²) in [7, 11) is 2.22. The molecule has 2 rings (SSSR count). The first-order chi connectivity index (χ1) is 8.49. The zero-order valence-corrected chi connectivity index (χ0v) is 11.7. The van der Waals surface area contributed by atoms with Gasteiger partial charge in [-0.15, -0.1) is 0 Å². The third-order valence-electron chi connectivity index (χ3n) is 4.69. The number of rotatable bonds is 4.